The van der Waals surface area contributed by atoms with E-state index in [4.69, 9.17) is 5.73 Å². The quantitative estimate of drug-likeness (QED) is 0.713. The molecule has 0 amide bonds. The van der Waals surface area contributed by atoms with Crippen LogP contribution in [0.25, 0.3) is 0 Å². The Morgan fingerprint density at radius 2 is 2.07 bits per heavy atom. The Hall–Kier alpha value is -0.560. The standard InChI is InChI=1S/C13H21N/c1-3-12(10-5-6-10)13-8-11(14)7-4-9(13)2/h3,10-11H,4-8,14H2,1-2H3/b12-3-. The van der Waals surface area contributed by atoms with Crippen molar-refractivity contribution < 1.29 is 0 Å². The molecule has 0 bridgehead atoms. The number of rotatable bonds is 2. The van der Waals surface area contributed by atoms with Gasteiger partial charge in [-0.15, -0.1) is 0 Å². The molecule has 0 heterocycles. The highest BCUT2D eigenvalue weighted by atomic mass is 14.6. The molecule has 0 spiro atoms. The van der Waals surface area contributed by atoms with Gasteiger partial charge in [0.05, 0.1) is 0 Å². The van der Waals surface area contributed by atoms with Gasteiger partial charge >= 0.3 is 0 Å². The molecule has 1 nitrogen and oxygen atoms in total. The van der Waals surface area contributed by atoms with Gasteiger partial charge in [0.1, 0.15) is 0 Å². The van der Waals surface area contributed by atoms with E-state index in [9.17, 15) is 0 Å². The first-order valence-electron chi connectivity index (χ1n) is 5.83. The van der Waals surface area contributed by atoms with E-state index in [2.05, 4.69) is 19.9 Å². The fourth-order valence-electron chi connectivity index (χ4n) is 2.51. The van der Waals surface area contributed by atoms with Gasteiger partial charge in [0.25, 0.3) is 0 Å². The summed E-state index contributed by atoms with van der Waals surface area (Å²) in [7, 11) is 0. The fourth-order valence-corrected chi connectivity index (χ4v) is 2.51. The molecule has 1 atom stereocenters. The molecule has 1 heteroatoms. The maximum Gasteiger partial charge on any atom is 0.00824 e. The Labute approximate surface area is 87.1 Å². The zero-order valence-corrected chi connectivity index (χ0v) is 9.34. The van der Waals surface area contributed by atoms with Gasteiger partial charge in [-0.25, -0.2) is 0 Å². The smallest absolute Gasteiger partial charge is 0.00824 e. The lowest BCUT2D eigenvalue weighted by Crippen LogP contribution is -2.25. The van der Waals surface area contributed by atoms with Crippen molar-refractivity contribution in [2.75, 3.05) is 0 Å². The van der Waals surface area contributed by atoms with E-state index >= 15 is 0 Å². The van der Waals surface area contributed by atoms with Crippen molar-refractivity contribution in [3.05, 3.63) is 22.8 Å². The number of nitrogens with two attached hydrogens (primary N) is 1. The van der Waals surface area contributed by atoms with E-state index in [1.54, 1.807) is 16.7 Å². The van der Waals surface area contributed by atoms with Crippen LogP contribution in [0.15, 0.2) is 22.8 Å². The molecule has 2 N–H and O–H groups in total. The number of hydrogen-bond acceptors (Lipinski definition) is 1. The van der Waals surface area contributed by atoms with E-state index in [1.165, 1.54) is 25.7 Å². The second-order valence-electron chi connectivity index (χ2n) is 4.78. The molecule has 0 aliphatic heterocycles. The molecule has 0 aromatic rings. The molecule has 0 aromatic heterocycles. The molecule has 14 heavy (non-hydrogen) atoms. The molecular weight excluding hydrogens is 170 g/mol. The molecule has 0 aromatic carbocycles. The van der Waals surface area contributed by atoms with Crippen LogP contribution in [0, 0.1) is 5.92 Å². The maximum atomic E-state index is 6.04. The molecule has 1 saturated carbocycles. The van der Waals surface area contributed by atoms with Crippen LogP contribution in [0.4, 0.5) is 0 Å². The minimum absolute atomic E-state index is 0.405. The average Bonchev–Trinajstić information content (AvgIpc) is 2.96. The van der Waals surface area contributed by atoms with E-state index in [0.29, 0.717) is 6.04 Å². The van der Waals surface area contributed by atoms with Crippen molar-refractivity contribution in [3.63, 3.8) is 0 Å². The van der Waals surface area contributed by atoms with E-state index in [1.807, 2.05) is 0 Å². The second-order valence-corrected chi connectivity index (χ2v) is 4.78. The van der Waals surface area contributed by atoms with Crippen LogP contribution in [0.5, 0.6) is 0 Å². The lowest BCUT2D eigenvalue weighted by molar-refractivity contribution is 0.569. The van der Waals surface area contributed by atoms with Gasteiger partial charge < -0.3 is 5.73 Å². The first-order valence-corrected chi connectivity index (χ1v) is 5.83. The highest BCUT2D eigenvalue weighted by Gasteiger charge is 2.29. The molecule has 2 aliphatic rings. The first-order chi connectivity index (χ1) is 6.72. The van der Waals surface area contributed by atoms with E-state index in [0.717, 1.165) is 12.3 Å². The Morgan fingerprint density at radius 1 is 1.36 bits per heavy atom. The van der Waals surface area contributed by atoms with Crippen LogP contribution < -0.4 is 5.73 Å². The third-order valence-corrected chi connectivity index (χ3v) is 3.55. The lowest BCUT2D eigenvalue weighted by Gasteiger charge is -2.25. The Kier molecular flexibility index (Phi) is 2.78. The molecule has 78 valence electrons. The minimum Gasteiger partial charge on any atom is -0.327 e. The predicted octanol–water partition coefficient (Wildman–Crippen LogP) is 3.17. The predicted molar refractivity (Wildman–Crippen MR) is 61.0 cm³/mol. The van der Waals surface area contributed by atoms with Crippen LogP contribution in [-0.4, -0.2) is 6.04 Å². The molecule has 2 aliphatic carbocycles. The summed E-state index contributed by atoms with van der Waals surface area (Å²) >= 11 is 0. The van der Waals surface area contributed by atoms with Crippen molar-refractivity contribution in [2.45, 2.75) is 52.0 Å². The molecule has 1 unspecified atom stereocenters. The van der Waals surface area contributed by atoms with Crippen LogP contribution in [-0.2, 0) is 0 Å². The zero-order chi connectivity index (χ0) is 10.1. The molecule has 0 saturated heterocycles. The summed E-state index contributed by atoms with van der Waals surface area (Å²) in [6.07, 6.45) is 8.60. The van der Waals surface area contributed by atoms with Crippen LogP contribution in [0.1, 0.15) is 46.0 Å². The van der Waals surface area contributed by atoms with Crippen LogP contribution >= 0.6 is 0 Å². The van der Waals surface area contributed by atoms with Crippen molar-refractivity contribution in [3.8, 4) is 0 Å². The highest BCUT2D eigenvalue weighted by Crippen LogP contribution is 2.43. The largest absolute Gasteiger partial charge is 0.327 e. The number of allylic oxidation sites excluding steroid dienone is 3. The summed E-state index contributed by atoms with van der Waals surface area (Å²) in [5, 5.41) is 0. The lowest BCUT2D eigenvalue weighted by atomic mass is 9.84. The summed E-state index contributed by atoms with van der Waals surface area (Å²) in [6, 6.07) is 0.405. The van der Waals surface area contributed by atoms with E-state index in [-0.39, 0.29) is 0 Å². The third-order valence-electron chi connectivity index (χ3n) is 3.55. The van der Waals surface area contributed by atoms with Gasteiger partial charge in [-0.1, -0.05) is 11.6 Å². The van der Waals surface area contributed by atoms with Gasteiger partial charge in [0.15, 0.2) is 0 Å². The van der Waals surface area contributed by atoms with Crippen molar-refractivity contribution in [1.29, 1.82) is 0 Å². The Bertz CT molecular complexity index is 282. The Balaban J connectivity index is 2.21. The van der Waals surface area contributed by atoms with Gasteiger partial charge in [-0.05, 0) is 63.0 Å². The summed E-state index contributed by atoms with van der Waals surface area (Å²) < 4.78 is 0. The monoisotopic (exact) mass is 191 g/mol. The molecule has 1 fully saturated rings. The molecule has 0 radical (unpaired) electrons. The summed E-state index contributed by atoms with van der Waals surface area (Å²) in [6.45, 7) is 4.46. The van der Waals surface area contributed by atoms with Crippen molar-refractivity contribution in [2.24, 2.45) is 11.7 Å². The fraction of sp³-hybridized carbons (Fsp3) is 0.692. The highest BCUT2D eigenvalue weighted by molar-refractivity contribution is 5.40. The van der Waals surface area contributed by atoms with Gasteiger partial charge in [-0.3, -0.25) is 0 Å². The van der Waals surface area contributed by atoms with Gasteiger partial charge in [0, 0.05) is 6.04 Å². The SMILES string of the molecule is C/C=C(\C1=C(C)CCC(N)C1)C1CC1. The van der Waals surface area contributed by atoms with Crippen LogP contribution in [0.2, 0.25) is 0 Å². The van der Waals surface area contributed by atoms with Crippen LogP contribution in [0.3, 0.4) is 0 Å². The molecule has 2 rings (SSSR count). The summed E-state index contributed by atoms with van der Waals surface area (Å²) in [4.78, 5) is 0. The average molecular weight is 191 g/mol. The third kappa shape index (κ3) is 1.93. The zero-order valence-electron chi connectivity index (χ0n) is 9.34. The minimum atomic E-state index is 0.405. The second kappa shape index (κ2) is 3.90. The summed E-state index contributed by atoms with van der Waals surface area (Å²) in [5.74, 6) is 0.871. The van der Waals surface area contributed by atoms with Gasteiger partial charge in [-0.2, -0.15) is 0 Å². The number of hydrogen-bond donors (Lipinski definition) is 1. The normalized spacial score (nSPS) is 29.6. The summed E-state index contributed by atoms with van der Waals surface area (Å²) in [5.41, 5.74) is 10.8. The topological polar surface area (TPSA) is 26.0 Å². The van der Waals surface area contributed by atoms with E-state index < -0.39 is 0 Å². The van der Waals surface area contributed by atoms with Crippen molar-refractivity contribution >= 4 is 0 Å². The van der Waals surface area contributed by atoms with Crippen molar-refractivity contribution in [1.82, 2.24) is 0 Å². The first kappa shape index (κ1) is 9.97. The molecular formula is C13H21N. The van der Waals surface area contributed by atoms with Gasteiger partial charge in [0.2, 0.25) is 0 Å². The maximum absolute atomic E-state index is 6.04. The Morgan fingerprint density at radius 3 is 2.64 bits per heavy atom.